The molecule has 3 nitrogen and oxygen atoms in total. The molecule has 2 heterocycles. The molecule has 2 fully saturated rings. The summed E-state index contributed by atoms with van der Waals surface area (Å²) in [4.78, 5) is 5.17. The Morgan fingerprint density at radius 3 is 2.57 bits per heavy atom. The first-order chi connectivity index (χ1) is 6.74. The molecule has 0 N–H and O–H groups in total. The molecule has 3 heteroatoms. The minimum absolute atomic E-state index is 0.642. The van der Waals surface area contributed by atoms with Crippen LogP contribution < -0.4 is 0 Å². The number of hydrogen-bond acceptors (Lipinski definition) is 3. The highest BCUT2D eigenvalue weighted by Crippen LogP contribution is 2.24. The summed E-state index contributed by atoms with van der Waals surface area (Å²) in [6.45, 7) is 12.3. The molecule has 2 aliphatic heterocycles. The quantitative estimate of drug-likeness (QED) is 0.653. The second kappa shape index (κ2) is 4.17. The second-order valence-corrected chi connectivity index (χ2v) is 4.63. The summed E-state index contributed by atoms with van der Waals surface area (Å²) in [6.07, 6.45) is 0. The summed E-state index contributed by atoms with van der Waals surface area (Å²) in [6, 6.07) is 1.95. The van der Waals surface area contributed by atoms with Crippen molar-refractivity contribution < 1.29 is 4.74 Å². The summed E-state index contributed by atoms with van der Waals surface area (Å²) < 4.78 is 5.62. The van der Waals surface area contributed by atoms with E-state index < -0.39 is 0 Å². The molecule has 0 radical (unpaired) electrons. The van der Waals surface area contributed by atoms with E-state index >= 15 is 0 Å². The number of rotatable bonds is 2. The summed E-state index contributed by atoms with van der Waals surface area (Å²) >= 11 is 0. The zero-order chi connectivity index (χ0) is 10.1. The van der Waals surface area contributed by atoms with Crippen molar-refractivity contribution in [2.75, 3.05) is 32.8 Å². The molecule has 0 bridgehead atoms. The first-order valence-electron chi connectivity index (χ1n) is 5.81. The van der Waals surface area contributed by atoms with Crippen LogP contribution in [0.2, 0.25) is 0 Å². The van der Waals surface area contributed by atoms with E-state index in [0.29, 0.717) is 18.1 Å². The van der Waals surface area contributed by atoms with Gasteiger partial charge in [-0.05, 0) is 20.4 Å². The Kier molecular flexibility index (Phi) is 3.10. The van der Waals surface area contributed by atoms with Gasteiger partial charge in [0.25, 0.3) is 0 Å². The van der Waals surface area contributed by atoms with Crippen molar-refractivity contribution in [1.82, 2.24) is 9.80 Å². The molecule has 0 aromatic heterocycles. The van der Waals surface area contributed by atoms with Gasteiger partial charge in [0.1, 0.15) is 0 Å². The second-order valence-electron chi connectivity index (χ2n) is 4.63. The molecule has 0 aromatic carbocycles. The van der Waals surface area contributed by atoms with E-state index in [1.165, 1.54) is 13.1 Å². The average Bonchev–Trinajstić information content (AvgIpc) is 2.64. The van der Waals surface area contributed by atoms with Crippen LogP contribution in [-0.4, -0.2) is 60.8 Å². The standard InChI is InChI=1S/C11H22N2O/c1-4-12-5-6-13(9(2)3)11-8-14-7-10(11)12/h9-11H,4-8H2,1-3H3. The van der Waals surface area contributed by atoms with Gasteiger partial charge in [-0.3, -0.25) is 9.80 Å². The molecule has 2 saturated heterocycles. The third-order valence-corrected chi connectivity index (χ3v) is 3.63. The van der Waals surface area contributed by atoms with E-state index in [2.05, 4.69) is 30.6 Å². The minimum Gasteiger partial charge on any atom is -0.378 e. The van der Waals surface area contributed by atoms with E-state index in [4.69, 9.17) is 4.74 Å². The Labute approximate surface area is 87.0 Å². The lowest BCUT2D eigenvalue weighted by molar-refractivity contribution is 0.0293. The first kappa shape index (κ1) is 10.4. The maximum Gasteiger partial charge on any atom is 0.0638 e. The highest BCUT2D eigenvalue weighted by atomic mass is 16.5. The third-order valence-electron chi connectivity index (χ3n) is 3.63. The van der Waals surface area contributed by atoms with E-state index in [1.54, 1.807) is 0 Å². The lowest BCUT2D eigenvalue weighted by Crippen LogP contribution is -2.60. The normalized spacial score (nSPS) is 35.1. The number of hydrogen-bond donors (Lipinski definition) is 0. The number of nitrogens with zero attached hydrogens (tertiary/aromatic N) is 2. The lowest BCUT2D eigenvalue weighted by Gasteiger charge is -2.45. The number of likely N-dealkylation sites (N-methyl/N-ethyl adjacent to an activating group) is 1. The molecule has 0 aromatic rings. The average molecular weight is 198 g/mol. The summed E-state index contributed by atoms with van der Waals surface area (Å²) in [5, 5.41) is 0. The number of ether oxygens (including phenoxy) is 1. The van der Waals surface area contributed by atoms with Crippen molar-refractivity contribution in [2.24, 2.45) is 0 Å². The molecular weight excluding hydrogens is 176 g/mol. The third kappa shape index (κ3) is 1.69. The number of fused-ring (bicyclic) bond motifs is 1. The summed E-state index contributed by atoms with van der Waals surface area (Å²) in [5.41, 5.74) is 0. The first-order valence-corrected chi connectivity index (χ1v) is 5.81. The highest BCUT2D eigenvalue weighted by molar-refractivity contribution is 4.95. The van der Waals surface area contributed by atoms with Gasteiger partial charge in [-0.25, -0.2) is 0 Å². The maximum absolute atomic E-state index is 5.62. The van der Waals surface area contributed by atoms with E-state index in [1.807, 2.05) is 0 Å². The lowest BCUT2D eigenvalue weighted by atomic mass is 10.0. The van der Waals surface area contributed by atoms with Crippen LogP contribution in [0.5, 0.6) is 0 Å². The van der Waals surface area contributed by atoms with Gasteiger partial charge in [0.05, 0.1) is 25.3 Å². The Bertz CT molecular complexity index is 196. The van der Waals surface area contributed by atoms with Gasteiger partial charge in [0, 0.05) is 19.1 Å². The fourth-order valence-electron chi connectivity index (χ4n) is 2.81. The Morgan fingerprint density at radius 1 is 1.21 bits per heavy atom. The van der Waals surface area contributed by atoms with Crippen molar-refractivity contribution in [2.45, 2.75) is 38.9 Å². The summed E-state index contributed by atoms with van der Waals surface area (Å²) in [5.74, 6) is 0. The zero-order valence-electron chi connectivity index (χ0n) is 9.57. The van der Waals surface area contributed by atoms with Crippen molar-refractivity contribution in [3.63, 3.8) is 0 Å². The van der Waals surface area contributed by atoms with Gasteiger partial charge in [-0.2, -0.15) is 0 Å². The van der Waals surface area contributed by atoms with Gasteiger partial charge in [-0.1, -0.05) is 6.92 Å². The molecule has 82 valence electrons. The monoisotopic (exact) mass is 198 g/mol. The van der Waals surface area contributed by atoms with Crippen LogP contribution in [0.3, 0.4) is 0 Å². The maximum atomic E-state index is 5.62. The molecule has 2 atom stereocenters. The predicted octanol–water partition coefficient (Wildman–Crippen LogP) is 0.800. The van der Waals surface area contributed by atoms with Gasteiger partial charge in [0.2, 0.25) is 0 Å². The van der Waals surface area contributed by atoms with Gasteiger partial charge in [-0.15, -0.1) is 0 Å². The molecular formula is C11H22N2O. The molecule has 2 aliphatic rings. The fourth-order valence-corrected chi connectivity index (χ4v) is 2.81. The van der Waals surface area contributed by atoms with Crippen molar-refractivity contribution >= 4 is 0 Å². The smallest absolute Gasteiger partial charge is 0.0638 e. The van der Waals surface area contributed by atoms with Crippen LogP contribution in [0.4, 0.5) is 0 Å². The van der Waals surface area contributed by atoms with Crippen molar-refractivity contribution in [3.05, 3.63) is 0 Å². The Hall–Kier alpha value is -0.120. The minimum atomic E-state index is 0.642. The highest BCUT2D eigenvalue weighted by Gasteiger charge is 2.40. The largest absolute Gasteiger partial charge is 0.378 e. The van der Waals surface area contributed by atoms with Gasteiger partial charge >= 0.3 is 0 Å². The molecule has 2 rings (SSSR count). The topological polar surface area (TPSA) is 15.7 Å². The van der Waals surface area contributed by atoms with Crippen LogP contribution in [0.15, 0.2) is 0 Å². The molecule has 2 unspecified atom stereocenters. The van der Waals surface area contributed by atoms with E-state index in [-0.39, 0.29) is 0 Å². The van der Waals surface area contributed by atoms with Crippen LogP contribution >= 0.6 is 0 Å². The Balaban J connectivity index is 2.07. The van der Waals surface area contributed by atoms with Crippen LogP contribution in [-0.2, 0) is 4.74 Å². The molecule has 14 heavy (non-hydrogen) atoms. The zero-order valence-corrected chi connectivity index (χ0v) is 9.57. The molecule has 0 amide bonds. The molecule has 0 aliphatic carbocycles. The number of piperazine rings is 1. The predicted molar refractivity (Wildman–Crippen MR) is 57.5 cm³/mol. The van der Waals surface area contributed by atoms with Crippen molar-refractivity contribution in [1.29, 1.82) is 0 Å². The van der Waals surface area contributed by atoms with Crippen molar-refractivity contribution in [3.8, 4) is 0 Å². The SMILES string of the molecule is CCN1CCN(C(C)C)C2COCC21. The molecule has 0 saturated carbocycles. The Morgan fingerprint density at radius 2 is 1.93 bits per heavy atom. The summed E-state index contributed by atoms with van der Waals surface area (Å²) in [7, 11) is 0. The fraction of sp³-hybridized carbons (Fsp3) is 1.00. The van der Waals surface area contributed by atoms with Gasteiger partial charge in [0.15, 0.2) is 0 Å². The van der Waals surface area contributed by atoms with Crippen LogP contribution in [0, 0.1) is 0 Å². The van der Waals surface area contributed by atoms with Crippen LogP contribution in [0.25, 0.3) is 0 Å². The van der Waals surface area contributed by atoms with Crippen LogP contribution in [0.1, 0.15) is 20.8 Å². The molecule has 0 spiro atoms. The van der Waals surface area contributed by atoms with Gasteiger partial charge < -0.3 is 4.74 Å². The van der Waals surface area contributed by atoms with E-state index in [0.717, 1.165) is 19.8 Å². The van der Waals surface area contributed by atoms with E-state index in [9.17, 15) is 0 Å².